The minimum atomic E-state index is 0.0453. The van der Waals surface area contributed by atoms with Crippen LogP contribution in [0.25, 0.3) is 5.69 Å². The zero-order valence-electron chi connectivity index (χ0n) is 8.72. The molecule has 0 aliphatic rings. The summed E-state index contributed by atoms with van der Waals surface area (Å²) in [6, 6.07) is 5.08. The molecule has 4 nitrogen and oxygen atoms in total. The largest absolute Gasteiger partial charge is 0.294 e. The molecule has 0 aliphatic heterocycles. The van der Waals surface area contributed by atoms with Gasteiger partial charge in [0.2, 0.25) is 0 Å². The number of benzene rings is 1. The summed E-state index contributed by atoms with van der Waals surface area (Å²) in [5.41, 5.74) is 1.20. The lowest BCUT2D eigenvalue weighted by atomic mass is 10.1. The van der Waals surface area contributed by atoms with E-state index in [1.807, 2.05) is 6.92 Å². The molecule has 2 rings (SSSR count). The average Bonchev–Trinajstić information content (AvgIpc) is 2.81. The van der Waals surface area contributed by atoms with Crippen LogP contribution in [0.5, 0.6) is 0 Å². The summed E-state index contributed by atoms with van der Waals surface area (Å²) in [5.74, 6) is 0.0453. The Morgan fingerprint density at radius 2 is 2.06 bits per heavy atom. The van der Waals surface area contributed by atoms with E-state index in [0.717, 1.165) is 0 Å². The van der Waals surface area contributed by atoms with E-state index in [4.69, 9.17) is 11.6 Å². The van der Waals surface area contributed by atoms with Crippen molar-refractivity contribution in [1.29, 1.82) is 0 Å². The topological polar surface area (TPSA) is 47.8 Å². The van der Waals surface area contributed by atoms with Crippen LogP contribution in [0.15, 0.2) is 30.6 Å². The predicted molar refractivity (Wildman–Crippen MR) is 61.0 cm³/mol. The molecule has 0 fully saturated rings. The van der Waals surface area contributed by atoms with Crippen molar-refractivity contribution in [3.63, 3.8) is 0 Å². The molecule has 0 aliphatic carbocycles. The van der Waals surface area contributed by atoms with E-state index in [1.54, 1.807) is 30.6 Å². The molecule has 0 spiro atoms. The number of rotatable bonds is 3. The second-order valence-corrected chi connectivity index (χ2v) is 3.69. The van der Waals surface area contributed by atoms with Gasteiger partial charge in [0.1, 0.15) is 0 Å². The smallest absolute Gasteiger partial charge is 0.164 e. The Morgan fingerprint density at radius 3 is 2.69 bits per heavy atom. The molecule has 0 saturated carbocycles. The van der Waals surface area contributed by atoms with Crippen LogP contribution in [0.1, 0.15) is 23.7 Å². The van der Waals surface area contributed by atoms with Gasteiger partial charge in [0.05, 0.1) is 18.1 Å². The molecule has 0 saturated heterocycles. The summed E-state index contributed by atoms with van der Waals surface area (Å²) in [4.78, 5) is 13.1. The normalized spacial score (nSPS) is 10.4. The maximum atomic E-state index is 11.7. The Kier molecular flexibility index (Phi) is 3.01. The Morgan fingerprint density at radius 1 is 1.38 bits per heavy atom. The number of Topliss-reactive ketones (excluding diaryl/α,β-unsaturated/α-hetero) is 1. The Balaban J connectivity index is 2.57. The van der Waals surface area contributed by atoms with Crippen molar-refractivity contribution in [3.05, 3.63) is 41.2 Å². The fourth-order valence-corrected chi connectivity index (χ4v) is 1.60. The first-order valence-electron chi connectivity index (χ1n) is 4.92. The molecule has 0 N–H and O–H groups in total. The van der Waals surface area contributed by atoms with Crippen LogP contribution in [0, 0.1) is 0 Å². The average molecular weight is 236 g/mol. The van der Waals surface area contributed by atoms with Crippen LogP contribution in [-0.2, 0) is 0 Å². The van der Waals surface area contributed by atoms with Crippen molar-refractivity contribution in [3.8, 4) is 5.69 Å². The molecule has 0 radical (unpaired) electrons. The van der Waals surface area contributed by atoms with Crippen molar-refractivity contribution in [2.45, 2.75) is 13.3 Å². The molecule has 0 unspecified atom stereocenters. The van der Waals surface area contributed by atoms with Crippen LogP contribution < -0.4 is 0 Å². The lowest BCUT2D eigenvalue weighted by Crippen LogP contribution is -2.07. The highest BCUT2D eigenvalue weighted by atomic mass is 35.5. The third kappa shape index (κ3) is 1.97. The summed E-state index contributed by atoms with van der Waals surface area (Å²) in [6.07, 6.45) is 3.55. The predicted octanol–water partition coefficient (Wildman–Crippen LogP) is 2.51. The molecule has 0 amide bonds. The van der Waals surface area contributed by atoms with Gasteiger partial charge in [-0.25, -0.2) is 0 Å². The van der Waals surface area contributed by atoms with Crippen molar-refractivity contribution in [2.75, 3.05) is 0 Å². The summed E-state index contributed by atoms with van der Waals surface area (Å²) >= 11 is 5.90. The summed E-state index contributed by atoms with van der Waals surface area (Å²) in [7, 11) is 0. The second kappa shape index (κ2) is 4.45. The Hall–Kier alpha value is -1.68. The van der Waals surface area contributed by atoms with E-state index >= 15 is 0 Å². The third-order valence-corrected chi connectivity index (χ3v) is 2.45. The SMILES string of the molecule is CCC(=O)c1ccc(Cl)cc1-n1nccn1. The lowest BCUT2D eigenvalue weighted by molar-refractivity contribution is 0.0988. The molecule has 2 aromatic rings. The molecule has 16 heavy (non-hydrogen) atoms. The number of carbonyl (C=O) groups excluding carboxylic acids is 1. The van der Waals surface area contributed by atoms with E-state index < -0.39 is 0 Å². The van der Waals surface area contributed by atoms with E-state index in [2.05, 4.69) is 10.2 Å². The highest BCUT2D eigenvalue weighted by Gasteiger charge is 2.12. The maximum absolute atomic E-state index is 11.7. The molecule has 1 aromatic carbocycles. The van der Waals surface area contributed by atoms with Gasteiger partial charge in [-0.3, -0.25) is 4.79 Å². The zero-order chi connectivity index (χ0) is 11.5. The van der Waals surface area contributed by atoms with Gasteiger partial charge in [-0.1, -0.05) is 18.5 Å². The Bertz CT molecular complexity index is 508. The quantitative estimate of drug-likeness (QED) is 0.768. The minimum absolute atomic E-state index is 0.0453. The van der Waals surface area contributed by atoms with E-state index in [9.17, 15) is 4.79 Å². The van der Waals surface area contributed by atoms with Crippen molar-refractivity contribution in [1.82, 2.24) is 15.0 Å². The van der Waals surface area contributed by atoms with Gasteiger partial charge in [0.25, 0.3) is 0 Å². The Labute approximate surface area is 97.8 Å². The van der Waals surface area contributed by atoms with E-state index in [-0.39, 0.29) is 5.78 Å². The number of halogens is 1. The molecule has 82 valence electrons. The van der Waals surface area contributed by atoms with Crippen LogP contribution in [-0.4, -0.2) is 20.8 Å². The van der Waals surface area contributed by atoms with Crippen LogP contribution in [0.4, 0.5) is 0 Å². The van der Waals surface area contributed by atoms with Gasteiger partial charge in [-0.2, -0.15) is 15.0 Å². The van der Waals surface area contributed by atoms with E-state index in [1.165, 1.54) is 4.80 Å². The second-order valence-electron chi connectivity index (χ2n) is 3.26. The number of carbonyl (C=O) groups is 1. The first kappa shape index (κ1) is 10.8. The molecule has 5 heteroatoms. The first-order valence-corrected chi connectivity index (χ1v) is 5.29. The molecular weight excluding hydrogens is 226 g/mol. The van der Waals surface area contributed by atoms with Crippen LogP contribution in [0.2, 0.25) is 5.02 Å². The third-order valence-electron chi connectivity index (χ3n) is 2.22. The minimum Gasteiger partial charge on any atom is -0.294 e. The molecule has 1 heterocycles. The standard InChI is InChI=1S/C11H10ClN3O/c1-2-11(16)9-4-3-8(12)7-10(9)15-13-5-6-14-15/h3-7H,2H2,1H3. The molecule has 0 atom stereocenters. The zero-order valence-corrected chi connectivity index (χ0v) is 9.48. The van der Waals surface area contributed by atoms with Gasteiger partial charge < -0.3 is 0 Å². The van der Waals surface area contributed by atoms with Gasteiger partial charge in [0, 0.05) is 17.0 Å². The number of aromatic nitrogens is 3. The monoisotopic (exact) mass is 235 g/mol. The molecule has 1 aromatic heterocycles. The van der Waals surface area contributed by atoms with Gasteiger partial charge >= 0.3 is 0 Å². The van der Waals surface area contributed by atoms with E-state index in [0.29, 0.717) is 22.7 Å². The van der Waals surface area contributed by atoms with Gasteiger partial charge in [-0.15, -0.1) is 0 Å². The number of hydrogen-bond donors (Lipinski definition) is 0. The van der Waals surface area contributed by atoms with Gasteiger partial charge in [0.15, 0.2) is 5.78 Å². The van der Waals surface area contributed by atoms with Gasteiger partial charge in [-0.05, 0) is 18.2 Å². The highest BCUT2D eigenvalue weighted by molar-refractivity contribution is 6.31. The molecule has 0 bridgehead atoms. The van der Waals surface area contributed by atoms with Crippen LogP contribution >= 0.6 is 11.6 Å². The van der Waals surface area contributed by atoms with Crippen LogP contribution in [0.3, 0.4) is 0 Å². The number of hydrogen-bond acceptors (Lipinski definition) is 3. The summed E-state index contributed by atoms with van der Waals surface area (Å²) in [6.45, 7) is 1.82. The summed E-state index contributed by atoms with van der Waals surface area (Å²) < 4.78 is 0. The fraction of sp³-hybridized carbons (Fsp3) is 0.182. The van der Waals surface area contributed by atoms with Crippen molar-refractivity contribution >= 4 is 17.4 Å². The number of nitrogens with zero attached hydrogens (tertiary/aromatic N) is 3. The van der Waals surface area contributed by atoms with Crippen molar-refractivity contribution < 1.29 is 4.79 Å². The maximum Gasteiger partial charge on any atom is 0.164 e. The number of ketones is 1. The first-order chi connectivity index (χ1) is 7.72. The summed E-state index contributed by atoms with van der Waals surface area (Å²) in [5, 5.41) is 8.55. The molecular formula is C11H10ClN3O. The fourth-order valence-electron chi connectivity index (χ4n) is 1.44. The lowest BCUT2D eigenvalue weighted by Gasteiger charge is -2.06. The van der Waals surface area contributed by atoms with Crippen molar-refractivity contribution in [2.24, 2.45) is 0 Å². The highest BCUT2D eigenvalue weighted by Crippen LogP contribution is 2.20.